The average molecular weight is 310 g/mol. The maximum atomic E-state index is 12.7. The van der Waals surface area contributed by atoms with Crippen LogP contribution in [0.2, 0.25) is 0 Å². The number of nitrogens with zero attached hydrogens (tertiary/aromatic N) is 1. The van der Waals surface area contributed by atoms with Gasteiger partial charge in [0, 0.05) is 13.1 Å². The monoisotopic (exact) mass is 310 g/mol. The third kappa shape index (κ3) is 2.87. The molecule has 1 aromatic rings. The van der Waals surface area contributed by atoms with E-state index < -0.39 is 10.0 Å². The third-order valence-electron chi connectivity index (χ3n) is 4.24. The van der Waals surface area contributed by atoms with Gasteiger partial charge in [0.2, 0.25) is 10.0 Å². The van der Waals surface area contributed by atoms with E-state index in [0.29, 0.717) is 30.4 Å². The minimum atomic E-state index is -3.39. The lowest BCUT2D eigenvalue weighted by Crippen LogP contribution is -2.38. The number of hydrogen-bond acceptors (Lipinski definition) is 4. The van der Waals surface area contributed by atoms with Crippen LogP contribution in [0.5, 0.6) is 5.75 Å². The van der Waals surface area contributed by atoms with E-state index in [0.717, 1.165) is 24.3 Å². The van der Waals surface area contributed by atoms with E-state index in [1.54, 1.807) is 22.5 Å². The Kier molecular flexibility index (Phi) is 3.84. The molecule has 0 amide bonds. The highest BCUT2D eigenvalue weighted by Crippen LogP contribution is 2.33. The lowest BCUT2D eigenvalue weighted by Gasteiger charge is -2.30. The summed E-state index contributed by atoms with van der Waals surface area (Å²) in [6.45, 7) is 6.07. The zero-order chi connectivity index (χ0) is 15.0. The molecule has 0 saturated carbocycles. The molecule has 2 aliphatic heterocycles. The Morgan fingerprint density at radius 3 is 2.67 bits per heavy atom. The molecule has 1 fully saturated rings. The summed E-state index contributed by atoms with van der Waals surface area (Å²) < 4.78 is 32.7. The number of sulfonamides is 1. The summed E-state index contributed by atoms with van der Waals surface area (Å²) in [5.74, 6) is 1.33. The lowest BCUT2D eigenvalue weighted by atomic mass is 10.0. The predicted octanol–water partition coefficient (Wildman–Crippen LogP) is 2.30. The van der Waals surface area contributed by atoms with E-state index in [-0.39, 0.29) is 6.10 Å². The van der Waals surface area contributed by atoms with Crippen LogP contribution < -0.4 is 10.1 Å². The average Bonchev–Trinajstić information content (AvgIpc) is 2.47. The van der Waals surface area contributed by atoms with Gasteiger partial charge >= 0.3 is 0 Å². The fraction of sp³-hybridized carbons (Fsp3) is 0.600. The molecule has 6 heteroatoms. The fourth-order valence-electron chi connectivity index (χ4n) is 2.80. The number of fused-ring (bicyclic) bond motifs is 1. The van der Waals surface area contributed by atoms with Gasteiger partial charge in [-0.3, -0.25) is 0 Å². The van der Waals surface area contributed by atoms with Crippen LogP contribution in [0.15, 0.2) is 23.1 Å². The van der Waals surface area contributed by atoms with Crippen LogP contribution in [0.1, 0.15) is 26.7 Å². The molecule has 1 unspecified atom stereocenters. The topological polar surface area (TPSA) is 58.6 Å². The van der Waals surface area contributed by atoms with Gasteiger partial charge in [0.15, 0.2) is 0 Å². The van der Waals surface area contributed by atoms with Crippen molar-refractivity contribution in [1.82, 2.24) is 4.31 Å². The Bertz CT molecular complexity index is 622. The second-order valence-electron chi connectivity index (χ2n) is 6.05. The smallest absolute Gasteiger partial charge is 0.243 e. The molecule has 116 valence electrons. The second-order valence-corrected chi connectivity index (χ2v) is 7.99. The van der Waals surface area contributed by atoms with Crippen molar-refractivity contribution in [2.45, 2.75) is 37.7 Å². The van der Waals surface area contributed by atoms with Crippen molar-refractivity contribution in [3.8, 4) is 5.75 Å². The molecule has 0 bridgehead atoms. The van der Waals surface area contributed by atoms with Gasteiger partial charge in [-0.1, -0.05) is 6.92 Å². The highest BCUT2D eigenvalue weighted by molar-refractivity contribution is 7.89. The van der Waals surface area contributed by atoms with Crippen molar-refractivity contribution >= 4 is 15.7 Å². The number of nitrogens with one attached hydrogen (secondary N) is 1. The molecule has 3 rings (SSSR count). The maximum Gasteiger partial charge on any atom is 0.243 e. The van der Waals surface area contributed by atoms with Crippen molar-refractivity contribution in [1.29, 1.82) is 0 Å². The molecule has 1 aromatic carbocycles. The Labute approximate surface area is 126 Å². The summed E-state index contributed by atoms with van der Waals surface area (Å²) in [7, 11) is -3.39. The van der Waals surface area contributed by atoms with E-state index in [4.69, 9.17) is 4.74 Å². The van der Waals surface area contributed by atoms with Crippen LogP contribution >= 0.6 is 0 Å². The molecule has 2 aliphatic rings. The number of rotatable bonds is 2. The summed E-state index contributed by atoms with van der Waals surface area (Å²) in [6, 6.07) is 5.08. The van der Waals surface area contributed by atoms with Crippen LogP contribution in [0.25, 0.3) is 0 Å². The summed E-state index contributed by atoms with van der Waals surface area (Å²) in [6.07, 6.45) is 1.97. The number of benzene rings is 1. The molecule has 1 saturated heterocycles. The molecule has 0 aromatic heterocycles. The third-order valence-corrected chi connectivity index (χ3v) is 6.13. The van der Waals surface area contributed by atoms with Gasteiger partial charge in [-0.15, -0.1) is 0 Å². The quantitative estimate of drug-likeness (QED) is 0.910. The maximum absolute atomic E-state index is 12.7. The molecule has 21 heavy (non-hydrogen) atoms. The Balaban J connectivity index is 1.86. The largest absolute Gasteiger partial charge is 0.487 e. The van der Waals surface area contributed by atoms with Gasteiger partial charge in [-0.05, 0) is 43.9 Å². The highest BCUT2D eigenvalue weighted by atomic mass is 32.2. The first kappa shape index (κ1) is 14.7. The summed E-state index contributed by atoms with van der Waals surface area (Å²) in [4.78, 5) is 0.349. The number of hydrogen-bond donors (Lipinski definition) is 1. The first-order valence-corrected chi connectivity index (χ1v) is 8.95. The zero-order valence-corrected chi connectivity index (χ0v) is 13.3. The predicted molar refractivity (Wildman–Crippen MR) is 82.2 cm³/mol. The summed E-state index contributed by atoms with van der Waals surface area (Å²) in [5.41, 5.74) is 0.763. The molecule has 0 radical (unpaired) electrons. The Hall–Kier alpha value is -1.27. The fourth-order valence-corrected chi connectivity index (χ4v) is 4.29. The number of anilines is 1. The van der Waals surface area contributed by atoms with Crippen LogP contribution in [-0.2, 0) is 10.0 Å². The highest BCUT2D eigenvalue weighted by Gasteiger charge is 2.29. The number of ether oxygens (including phenoxy) is 1. The first-order chi connectivity index (χ1) is 9.96. The van der Waals surface area contributed by atoms with Crippen molar-refractivity contribution in [2.24, 2.45) is 5.92 Å². The molecule has 2 heterocycles. The van der Waals surface area contributed by atoms with Crippen LogP contribution in [0.4, 0.5) is 5.69 Å². The van der Waals surface area contributed by atoms with E-state index >= 15 is 0 Å². The molecule has 1 atom stereocenters. The SMILES string of the molecule is CC1CCN(S(=O)(=O)c2ccc3c(c2)NCC(C)O3)CC1. The lowest BCUT2D eigenvalue weighted by molar-refractivity contribution is 0.226. The minimum Gasteiger partial charge on any atom is -0.487 e. The minimum absolute atomic E-state index is 0.100. The molecular formula is C15H22N2O3S. The van der Waals surface area contributed by atoms with Gasteiger partial charge in [-0.25, -0.2) is 8.42 Å². The van der Waals surface area contributed by atoms with Gasteiger partial charge in [0.05, 0.1) is 17.1 Å². The van der Waals surface area contributed by atoms with Gasteiger partial charge in [0.25, 0.3) is 0 Å². The number of piperidine rings is 1. The molecule has 5 nitrogen and oxygen atoms in total. The van der Waals surface area contributed by atoms with Crippen molar-refractivity contribution in [2.75, 3.05) is 25.0 Å². The van der Waals surface area contributed by atoms with Crippen LogP contribution in [-0.4, -0.2) is 38.5 Å². The van der Waals surface area contributed by atoms with Gasteiger partial charge < -0.3 is 10.1 Å². The Morgan fingerprint density at radius 2 is 1.95 bits per heavy atom. The second kappa shape index (κ2) is 5.50. The first-order valence-electron chi connectivity index (χ1n) is 7.51. The van der Waals surface area contributed by atoms with E-state index in [2.05, 4.69) is 12.2 Å². The van der Waals surface area contributed by atoms with E-state index in [1.165, 1.54) is 0 Å². The molecule has 0 spiro atoms. The van der Waals surface area contributed by atoms with Crippen LogP contribution in [0, 0.1) is 5.92 Å². The summed E-state index contributed by atoms with van der Waals surface area (Å²) in [5, 5.41) is 3.23. The van der Waals surface area contributed by atoms with Gasteiger partial charge in [0.1, 0.15) is 11.9 Å². The zero-order valence-electron chi connectivity index (χ0n) is 12.5. The standard InChI is InChI=1S/C15H22N2O3S/c1-11-5-7-17(8-6-11)21(18,19)13-3-4-15-14(9-13)16-10-12(2)20-15/h3-4,9,11-12,16H,5-8,10H2,1-2H3. The van der Waals surface area contributed by atoms with E-state index in [9.17, 15) is 8.42 Å². The Morgan fingerprint density at radius 1 is 1.24 bits per heavy atom. The molecule has 1 N–H and O–H groups in total. The summed E-state index contributed by atoms with van der Waals surface area (Å²) >= 11 is 0. The molecular weight excluding hydrogens is 288 g/mol. The normalized spacial score (nSPS) is 24.0. The van der Waals surface area contributed by atoms with E-state index in [1.807, 2.05) is 6.92 Å². The van der Waals surface area contributed by atoms with Crippen molar-refractivity contribution in [3.05, 3.63) is 18.2 Å². The van der Waals surface area contributed by atoms with Gasteiger partial charge in [-0.2, -0.15) is 4.31 Å². The van der Waals surface area contributed by atoms with Crippen molar-refractivity contribution < 1.29 is 13.2 Å². The van der Waals surface area contributed by atoms with Crippen LogP contribution in [0.3, 0.4) is 0 Å². The molecule has 0 aliphatic carbocycles. The van der Waals surface area contributed by atoms with Crippen molar-refractivity contribution in [3.63, 3.8) is 0 Å².